The summed E-state index contributed by atoms with van der Waals surface area (Å²) in [5.74, 6) is 0.0405. The topological polar surface area (TPSA) is 45.8 Å². The van der Waals surface area contributed by atoms with E-state index in [4.69, 9.17) is 0 Å². The van der Waals surface area contributed by atoms with E-state index < -0.39 is 0 Å². The average molecular weight is 120 g/mol. The van der Waals surface area contributed by atoms with E-state index in [-0.39, 0.29) is 5.78 Å². The van der Waals surface area contributed by atoms with Gasteiger partial charge < -0.3 is 0 Å². The molecule has 0 unspecified atom stereocenters. The van der Waals surface area contributed by atoms with Crippen LogP contribution in [0.3, 0.4) is 0 Å². The van der Waals surface area contributed by atoms with E-state index in [0.29, 0.717) is 5.56 Å². The van der Waals surface area contributed by atoms with Crippen LogP contribution in [0.4, 0.5) is 0 Å². The summed E-state index contributed by atoms with van der Waals surface area (Å²) in [4.78, 5) is 10.8. The van der Waals surface area contributed by atoms with E-state index in [1.165, 1.54) is 12.3 Å². The standard InChI is InChI=1S/C6H4N2O/c9-6-2-1-5-4(6)3-7-8-5/h1-3H,(H,7,8). The molecule has 0 aromatic carbocycles. The van der Waals surface area contributed by atoms with Gasteiger partial charge in [0.25, 0.3) is 0 Å². The number of ketones is 1. The Morgan fingerprint density at radius 1 is 1.44 bits per heavy atom. The molecule has 1 aliphatic rings. The minimum atomic E-state index is 0.0405. The maximum atomic E-state index is 10.8. The van der Waals surface area contributed by atoms with Gasteiger partial charge in [-0.3, -0.25) is 9.89 Å². The van der Waals surface area contributed by atoms with Crippen LogP contribution in [0.25, 0.3) is 6.08 Å². The van der Waals surface area contributed by atoms with Crippen molar-refractivity contribution in [2.24, 2.45) is 0 Å². The second kappa shape index (κ2) is 1.31. The van der Waals surface area contributed by atoms with Crippen molar-refractivity contribution in [2.75, 3.05) is 0 Å². The first kappa shape index (κ1) is 4.49. The molecular weight excluding hydrogens is 116 g/mol. The number of rotatable bonds is 0. The molecule has 0 aliphatic heterocycles. The number of hydrogen-bond acceptors (Lipinski definition) is 2. The van der Waals surface area contributed by atoms with Gasteiger partial charge >= 0.3 is 0 Å². The van der Waals surface area contributed by atoms with Gasteiger partial charge in [-0.05, 0) is 12.2 Å². The molecule has 2 rings (SSSR count). The van der Waals surface area contributed by atoms with Crippen molar-refractivity contribution in [3.05, 3.63) is 23.5 Å². The van der Waals surface area contributed by atoms with Gasteiger partial charge in [0.2, 0.25) is 0 Å². The zero-order valence-corrected chi connectivity index (χ0v) is 4.59. The molecule has 9 heavy (non-hydrogen) atoms. The summed E-state index contributed by atoms with van der Waals surface area (Å²) >= 11 is 0. The number of aromatic amines is 1. The Morgan fingerprint density at radius 3 is 3.11 bits per heavy atom. The van der Waals surface area contributed by atoms with Crippen LogP contribution in [0.5, 0.6) is 0 Å². The Kier molecular flexibility index (Phi) is 0.656. The Hall–Kier alpha value is -1.38. The van der Waals surface area contributed by atoms with E-state index in [0.717, 1.165) is 5.69 Å². The maximum absolute atomic E-state index is 10.8. The summed E-state index contributed by atoms with van der Waals surface area (Å²) in [6, 6.07) is 0. The number of carbonyl (C=O) groups is 1. The maximum Gasteiger partial charge on any atom is 0.189 e. The van der Waals surface area contributed by atoms with Gasteiger partial charge in [0, 0.05) is 0 Å². The molecule has 0 saturated carbocycles. The predicted octanol–water partition coefficient (Wildman–Crippen LogP) is 0.619. The molecule has 44 valence electrons. The molecule has 0 amide bonds. The lowest BCUT2D eigenvalue weighted by Crippen LogP contribution is -1.85. The Labute approximate surface area is 51.4 Å². The molecule has 0 radical (unpaired) electrons. The van der Waals surface area contributed by atoms with Crippen LogP contribution in [0.1, 0.15) is 16.1 Å². The third-order valence-electron chi connectivity index (χ3n) is 1.34. The lowest BCUT2D eigenvalue weighted by atomic mass is 10.3. The van der Waals surface area contributed by atoms with Crippen LogP contribution in [-0.4, -0.2) is 16.0 Å². The number of fused-ring (bicyclic) bond motifs is 1. The molecule has 0 atom stereocenters. The molecule has 1 aromatic rings. The summed E-state index contributed by atoms with van der Waals surface area (Å²) in [6.45, 7) is 0. The third-order valence-corrected chi connectivity index (χ3v) is 1.34. The minimum Gasteiger partial charge on any atom is -0.289 e. The molecule has 3 heteroatoms. The summed E-state index contributed by atoms with van der Waals surface area (Å²) in [7, 11) is 0. The van der Waals surface area contributed by atoms with Crippen molar-refractivity contribution in [1.82, 2.24) is 10.2 Å². The first-order valence-corrected chi connectivity index (χ1v) is 2.64. The second-order valence-corrected chi connectivity index (χ2v) is 1.89. The molecule has 0 spiro atoms. The largest absolute Gasteiger partial charge is 0.289 e. The third kappa shape index (κ3) is 0.455. The molecule has 3 nitrogen and oxygen atoms in total. The van der Waals surface area contributed by atoms with Gasteiger partial charge in [-0.2, -0.15) is 5.10 Å². The number of nitrogens with zero attached hydrogens (tertiary/aromatic N) is 1. The van der Waals surface area contributed by atoms with Crippen LogP contribution < -0.4 is 0 Å². The van der Waals surface area contributed by atoms with Crippen molar-refractivity contribution in [3.8, 4) is 0 Å². The van der Waals surface area contributed by atoms with E-state index in [1.54, 1.807) is 6.08 Å². The number of hydrogen-bond donors (Lipinski definition) is 1. The van der Waals surface area contributed by atoms with Gasteiger partial charge in [-0.25, -0.2) is 0 Å². The highest BCUT2D eigenvalue weighted by Crippen LogP contribution is 2.14. The summed E-state index contributed by atoms with van der Waals surface area (Å²) in [6.07, 6.45) is 4.80. The number of nitrogens with one attached hydrogen (secondary N) is 1. The smallest absolute Gasteiger partial charge is 0.189 e. The van der Waals surface area contributed by atoms with E-state index in [9.17, 15) is 4.79 Å². The zero-order chi connectivity index (χ0) is 6.27. The average Bonchev–Trinajstić information content (AvgIpc) is 2.35. The van der Waals surface area contributed by atoms with Crippen molar-refractivity contribution in [2.45, 2.75) is 0 Å². The van der Waals surface area contributed by atoms with Gasteiger partial charge in [0.15, 0.2) is 5.78 Å². The van der Waals surface area contributed by atoms with Crippen LogP contribution in [0, 0.1) is 0 Å². The summed E-state index contributed by atoms with van der Waals surface area (Å²) in [5.41, 5.74) is 1.50. The first-order valence-electron chi connectivity index (χ1n) is 2.64. The quantitative estimate of drug-likeness (QED) is 0.545. The SMILES string of the molecule is O=C1C=Cc2[nH]ncc21. The van der Waals surface area contributed by atoms with Gasteiger partial charge in [0.1, 0.15) is 0 Å². The van der Waals surface area contributed by atoms with Crippen molar-refractivity contribution in [1.29, 1.82) is 0 Å². The van der Waals surface area contributed by atoms with Gasteiger partial charge in [-0.1, -0.05) is 0 Å². The fourth-order valence-corrected chi connectivity index (χ4v) is 0.868. The minimum absolute atomic E-state index is 0.0405. The van der Waals surface area contributed by atoms with Crippen LogP contribution in [-0.2, 0) is 0 Å². The van der Waals surface area contributed by atoms with E-state index in [2.05, 4.69) is 10.2 Å². The molecule has 1 heterocycles. The molecule has 0 fully saturated rings. The number of H-pyrrole nitrogens is 1. The van der Waals surface area contributed by atoms with Crippen LogP contribution >= 0.6 is 0 Å². The normalized spacial score (nSPS) is 14.4. The molecule has 1 N–H and O–H groups in total. The highest BCUT2D eigenvalue weighted by Gasteiger charge is 2.13. The van der Waals surface area contributed by atoms with Crippen LogP contribution in [0.2, 0.25) is 0 Å². The highest BCUT2D eigenvalue weighted by molar-refractivity contribution is 6.12. The number of carbonyl (C=O) groups excluding carboxylic acids is 1. The molecule has 0 saturated heterocycles. The highest BCUT2D eigenvalue weighted by atomic mass is 16.1. The number of allylic oxidation sites excluding steroid dienone is 1. The van der Waals surface area contributed by atoms with Crippen LogP contribution in [0.15, 0.2) is 12.3 Å². The summed E-state index contributed by atoms with van der Waals surface area (Å²) < 4.78 is 0. The Morgan fingerprint density at radius 2 is 2.33 bits per heavy atom. The van der Waals surface area contributed by atoms with E-state index >= 15 is 0 Å². The predicted molar refractivity (Wildman–Crippen MR) is 32.0 cm³/mol. The zero-order valence-electron chi connectivity index (χ0n) is 4.59. The van der Waals surface area contributed by atoms with Gasteiger partial charge in [0.05, 0.1) is 17.5 Å². The fourth-order valence-electron chi connectivity index (χ4n) is 0.868. The molecule has 1 aliphatic carbocycles. The lowest BCUT2D eigenvalue weighted by Gasteiger charge is -1.78. The summed E-state index contributed by atoms with van der Waals surface area (Å²) in [5, 5.41) is 6.39. The molecule has 0 bridgehead atoms. The lowest BCUT2D eigenvalue weighted by molar-refractivity contribution is 0.105. The molecular formula is C6H4N2O. The van der Waals surface area contributed by atoms with Crippen molar-refractivity contribution < 1.29 is 4.79 Å². The number of aromatic nitrogens is 2. The van der Waals surface area contributed by atoms with Crippen molar-refractivity contribution in [3.63, 3.8) is 0 Å². The Bertz CT molecular complexity index is 285. The van der Waals surface area contributed by atoms with Crippen molar-refractivity contribution >= 4 is 11.9 Å². The monoisotopic (exact) mass is 120 g/mol. The fraction of sp³-hybridized carbons (Fsp3) is 0. The first-order chi connectivity index (χ1) is 4.38. The Balaban J connectivity index is 2.73. The second-order valence-electron chi connectivity index (χ2n) is 1.89. The molecule has 1 aromatic heterocycles. The van der Waals surface area contributed by atoms with Gasteiger partial charge in [-0.15, -0.1) is 0 Å². The van der Waals surface area contributed by atoms with E-state index in [1.807, 2.05) is 0 Å².